The van der Waals surface area contributed by atoms with E-state index in [1.165, 1.54) is 13.8 Å². The maximum atomic E-state index is 13.2. The minimum absolute atomic E-state index is 0.0662. The Balaban J connectivity index is 1.36. The molecular formula is C25H32N2O5. The zero-order chi connectivity index (χ0) is 22.9. The van der Waals surface area contributed by atoms with Gasteiger partial charge < -0.3 is 15.4 Å². The summed E-state index contributed by atoms with van der Waals surface area (Å²) >= 11 is 0. The van der Waals surface area contributed by atoms with Gasteiger partial charge in [-0.2, -0.15) is 0 Å². The average Bonchev–Trinajstić information content (AvgIpc) is 2.70. The summed E-state index contributed by atoms with van der Waals surface area (Å²) < 4.78 is 5.49. The van der Waals surface area contributed by atoms with Crippen molar-refractivity contribution >= 4 is 23.6 Å². The van der Waals surface area contributed by atoms with Crippen molar-refractivity contribution in [2.45, 2.75) is 70.4 Å². The van der Waals surface area contributed by atoms with Gasteiger partial charge in [0, 0.05) is 12.5 Å². The van der Waals surface area contributed by atoms with Gasteiger partial charge in [0.25, 0.3) is 5.91 Å². The summed E-state index contributed by atoms with van der Waals surface area (Å²) in [6.45, 7) is 2.56. The molecule has 0 heterocycles. The van der Waals surface area contributed by atoms with Gasteiger partial charge >= 0.3 is 5.97 Å². The van der Waals surface area contributed by atoms with Gasteiger partial charge in [-0.3, -0.25) is 19.2 Å². The first kappa shape index (κ1) is 22.5. The molecule has 0 spiro atoms. The van der Waals surface area contributed by atoms with E-state index in [0.29, 0.717) is 24.7 Å². The first-order valence-electron chi connectivity index (χ1n) is 11.5. The highest BCUT2D eigenvalue weighted by atomic mass is 16.5. The van der Waals surface area contributed by atoms with Crippen molar-refractivity contribution in [3.05, 3.63) is 35.9 Å². The standard InChI is InChI=1S/C25H32N2O5/c1-16(28)21(9-18-6-4-3-5-7-18)26-22(30)14-32-23(31)24-10-19-8-20(11-24)13-25(12-19,15-24)27-17(2)29/h3-7,19-21H,8-15H2,1-2H3,(H,26,30)(H,27,29)/t19-,20+,21-,24?,25?/m1/s1. The van der Waals surface area contributed by atoms with E-state index in [0.717, 1.165) is 37.7 Å². The van der Waals surface area contributed by atoms with Crippen molar-refractivity contribution in [3.63, 3.8) is 0 Å². The van der Waals surface area contributed by atoms with E-state index in [9.17, 15) is 19.2 Å². The van der Waals surface area contributed by atoms with E-state index in [4.69, 9.17) is 4.74 Å². The van der Waals surface area contributed by atoms with Gasteiger partial charge in [-0.1, -0.05) is 30.3 Å². The first-order chi connectivity index (χ1) is 15.2. The highest BCUT2D eigenvalue weighted by Crippen LogP contribution is 2.62. The molecule has 2 N–H and O–H groups in total. The Morgan fingerprint density at radius 3 is 2.28 bits per heavy atom. The van der Waals surface area contributed by atoms with Crippen molar-refractivity contribution in [1.82, 2.24) is 10.6 Å². The van der Waals surface area contributed by atoms with Gasteiger partial charge in [0.1, 0.15) is 0 Å². The normalized spacial score (nSPS) is 30.9. The van der Waals surface area contributed by atoms with E-state index >= 15 is 0 Å². The third-order valence-electron chi connectivity index (χ3n) is 7.38. The number of hydrogen-bond donors (Lipinski definition) is 2. The third-order valence-corrected chi connectivity index (χ3v) is 7.38. The molecule has 4 aliphatic rings. The summed E-state index contributed by atoms with van der Waals surface area (Å²) in [6.07, 6.45) is 5.41. The zero-order valence-electron chi connectivity index (χ0n) is 18.8. The molecule has 4 bridgehead atoms. The van der Waals surface area contributed by atoms with E-state index in [2.05, 4.69) is 10.6 Å². The molecule has 1 aromatic carbocycles. The fraction of sp³-hybridized carbons (Fsp3) is 0.600. The lowest BCUT2D eigenvalue weighted by molar-refractivity contribution is -0.177. The van der Waals surface area contributed by atoms with Crippen LogP contribution in [0.3, 0.4) is 0 Å². The second kappa shape index (κ2) is 8.68. The Morgan fingerprint density at radius 1 is 1.03 bits per heavy atom. The number of esters is 1. The minimum atomic E-state index is -0.661. The van der Waals surface area contributed by atoms with Gasteiger partial charge in [0.05, 0.1) is 11.5 Å². The molecule has 0 radical (unpaired) electrons. The average molecular weight is 441 g/mol. The largest absolute Gasteiger partial charge is 0.455 e. The quantitative estimate of drug-likeness (QED) is 0.604. The van der Waals surface area contributed by atoms with E-state index < -0.39 is 24.0 Å². The van der Waals surface area contributed by atoms with Gasteiger partial charge in [0.15, 0.2) is 12.4 Å². The molecule has 7 nitrogen and oxygen atoms in total. The van der Waals surface area contributed by atoms with Crippen LogP contribution >= 0.6 is 0 Å². The second-order valence-electron chi connectivity index (χ2n) is 10.2. The SMILES string of the molecule is CC(=O)NC12C[C@H]3C[C@@H](C1)CC(C(=O)OCC(=O)N[C@H](Cc1ccccc1)C(C)=O)(C3)C2. The molecule has 0 aliphatic heterocycles. The van der Waals surface area contributed by atoms with Crippen LogP contribution in [0.15, 0.2) is 30.3 Å². The number of amides is 2. The molecular weight excluding hydrogens is 408 g/mol. The molecule has 7 heteroatoms. The molecule has 2 amide bonds. The molecule has 5 rings (SSSR count). The van der Waals surface area contributed by atoms with Crippen LogP contribution in [0.1, 0.15) is 57.9 Å². The second-order valence-corrected chi connectivity index (χ2v) is 10.2. The van der Waals surface area contributed by atoms with Crippen LogP contribution in [-0.2, 0) is 30.3 Å². The van der Waals surface area contributed by atoms with Crippen molar-refractivity contribution in [1.29, 1.82) is 0 Å². The molecule has 1 aromatic rings. The molecule has 0 saturated heterocycles. The molecule has 5 atom stereocenters. The van der Waals surface area contributed by atoms with Crippen LogP contribution in [0.4, 0.5) is 0 Å². The Labute approximate surface area is 188 Å². The lowest BCUT2D eigenvalue weighted by atomic mass is 9.47. The Bertz CT molecular complexity index is 898. The van der Waals surface area contributed by atoms with Gasteiger partial charge in [-0.15, -0.1) is 0 Å². The Kier molecular flexibility index (Phi) is 6.10. The number of Topliss-reactive ketones (excluding diaryl/α,β-unsaturated/α-hetero) is 1. The maximum Gasteiger partial charge on any atom is 0.312 e. The van der Waals surface area contributed by atoms with Crippen LogP contribution in [0.25, 0.3) is 0 Å². The third kappa shape index (κ3) is 4.71. The first-order valence-corrected chi connectivity index (χ1v) is 11.5. The van der Waals surface area contributed by atoms with Gasteiger partial charge in [0.2, 0.25) is 5.91 Å². The van der Waals surface area contributed by atoms with E-state index in [-0.39, 0.29) is 23.2 Å². The number of carbonyl (C=O) groups excluding carboxylic acids is 4. The molecule has 172 valence electrons. The topological polar surface area (TPSA) is 102 Å². The summed E-state index contributed by atoms with van der Waals surface area (Å²) in [5, 5.41) is 5.84. The lowest BCUT2D eigenvalue weighted by Crippen LogP contribution is -2.64. The molecule has 0 aromatic heterocycles. The van der Waals surface area contributed by atoms with Crippen molar-refractivity contribution in [3.8, 4) is 0 Å². The zero-order valence-corrected chi connectivity index (χ0v) is 18.8. The van der Waals surface area contributed by atoms with E-state index in [1.807, 2.05) is 30.3 Å². The summed E-state index contributed by atoms with van der Waals surface area (Å²) in [5.74, 6) is -0.236. The predicted molar refractivity (Wildman–Crippen MR) is 117 cm³/mol. The van der Waals surface area contributed by atoms with Crippen LogP contribution in [-0.4, -0.2) is 41.8 Å². The molecule has 32 heavy (non-hydrogen) atoms. The van der Waals surface area contributed by atoms with Crippen molar-refractivity contribution in [2.24, 2.45) is 17.3 Å². The number of ketones is 1. The fourth-order valence-electron chi connectivity index (χ4n) is 6.69. The van der Waals surface area contributed by atoms with Gasteiger partial charge in [-0.25, -0.2) is 0 Å². The fourth-order valence-corrected chi connectivity index (χ4v) is 6.69. The van der Waals surface area contributed by atoms with Crippen molar-refractivity contribution in [2.75, 3.05) is 6.61 Å². The number of ether oxygens (including phenoxy) is 1. The molecule has 4 aliphatic carbocycles. The molecule has 4 fully saturated rings. The molecule has 4 saturated carbocycles. The Hall–Kier alpha value is -2.70. The number of carbonyl (C=O) groups is 4. The van der Waals surface area contributed by atoms with E-state index in [1.54, 1.807) is 0 Å². The van der Waals surface area contributed by atoms with Crippen molar-refractivity contribution < 1.29 is 23.9 Å². The maximum absolute atomic E-state index is 13.2. The monoisotopic (exact) mass is 440 g/mol. The number of rotatable bonds is 8. The van der Waals surface area contributed by atoms with Gasteiger partial charge in [-0.05, 0) is 69.3 Å². The van der Waals surface area contributed by atoms with Crippen LogP contribution in [0.5, 0.6) is 0 Å². The highest BCUT2D eigenvalue weighted by molar-refractivity contribution is 5.89. The summed E-state index contributed by atoms with van der Waals surface area (Å²) in [4.78, 5) is 49.5. The predicted octanol–water partition coefficient (Wildman–Crippen LogP) is 2.32. The lowest BCUT2D eigenvalue weighted by Gasteiger charge is -2.60. The summed E-state index contributed by atoms with van der Waals surface area (Å²) in [5.41, 5.74) is -0.00879. The smallest absolute Gasteiger partial charge is 0.312 e. The Morgan fingerprint density at radius 2 is 1.69 bits per heavy atom. The number of nitrogens with one attached hydrogen (secondary N) is 2. The summed E-state index contributed by atoms with van der Waals surface area (Å²) in [7, 11) is 0. The highest BCUT2D eigenvalue weighted by Gasteiger charge is 2.61. The number of hydrogen-bond acceptors (Lipinski definition) is 5. The van der Waals surface area contributed by atoms with Crippen LogP contribution < -0.4 is 10.6 Å². The number of benzene rings is 1. The summed E-state index contributed by atoms with van der Waals surface area (Å²) in [6, 6.07) is 8.81. The minimum Gasteiger partial charge on any atom is -0.455 e. The van der Waals surface area contributed by atoms with Crippen LogP contribution in [0.2, 0.25) is 0 Å². The van der Waals surface area contributed by atoms with Crippen LogP contribution in [0, 0.1) is 17.3 Å². The molecule has 2 unspecified atom stereocenters.